The Bertz CT molecular complexity index is 414. The monoisotopic (exact) mass is 262 g/mol. The number of amides is 2. The van der Waals surface area contributed by atoms with Crippen LogP contribution in [0.3, 0.4) is 0 Å². The second-order valence-electron chi connectivity index (χ2n) is 4.88. The minimum Gasteiger partial charge on any atom is -0.384 e. The lowest BCUT2D eigenvalue weighted by Gasteiger charge is -2.27. The van der Waals surface area contributed by atoms with Crippen molar-refractivity contribution in [1.29, 1.82) is 0 Å². The molecule has 0 unspecified atom stereocenters. The Hall–Kier alpha value is -1.55. The van der Waals surface area contributed by atoms with Crippen molar-refractivity contribution < 1.29 is 9.53 Å². The van der Waals surface area contributed by atoms with Gasteiger partial charge in [-0.2, -0.15) is 0 Å². The molecule has 1 aliphatic rings. The lowest BCUT2D eigenvalue weighted by Crippen LogP contribution is -2.38. The van der Waals surface area contributed by atoms with Crippen LogP contribution in [0.5, 0.6) is 0 Å². The number of hydrogen-bond donors (Lipinski definition) is 1. The quantitative estimate of drug-likeness (QED) is 0.906. The molecule has 1 aliphatic heterocycles. The molecule has 2 rings (SSSR count). The van der Waals surface area contributed by atoms with Gasteiger partial charge in [-0.25, -0.2) is 4.79 Å². The average molecular weight is 262 g/mol. The van der Waals surface area contributed by atoms with Crippen molar-refractivity contribution in [3.05, 3.63) is 29.8 Å². The normalized spacial score (nSPS) is 15.3. The molecule has 4 heteroatoms. The highest BCUT2D eigenvalue weighted by molar-refractivity contribution is 5.90. The van der Waals surface area contributed by atoms with Gasteiger partial charge in [0.1, 0.15) is 0 Å². The summed E-state index contributed by atoms with van der Waals surface area (Å²) in [6.07, 6.45) is 4.26. The molecule has 0 spiro atoms. The van der Waals surface area contributed by atoms with E-state index >= 15 is 0 Å². The average Bonchev–Trinajstić information content (AvgIpc) is 2.47. The Morgan fingerprint density at radius 1 is 1.26 bits per heavy atom. The summed E-state index contributed by atoms with van der Waals surface area (Å²) in [6.45, 7) is 2.40. The molecule has 1 aromatic rings. The number of nitrogens with zero attached hydrogens (tertiary/aromatic N) is 1. The first kappa shape index (κ1) is 13.9. The van der Waals surface area contributed by atoms with Gasteiger partial charge in [0.25, 0.3) is 0 Å². The van der Waals surface area contributed by atoms with Crippen molar-refractivity contribution in [2.24, 2.45) is 0 Å². The number of para-hydroxylation sites is 1. The molecule has 0 bridgehead atoms. The Labute approximate surface area is 114 Å². The highest BCUT2D eigenvalue weighted by Gasteiger charge is 2.17. The lowest BCUT2D eigenvalue weighted by atomic mass is 10.1. The molecule has 1 saturated heterocycles. The predicted octanol–water partition coefficient (Wildman–Crippen LogP) is 2.89. The first-order valence-corrected chi connectivity index (χ1v) is 6.94. The number of piperidine rings is 1. The minimum atomic E-state index is 0.0181. The van der Waals surface area contributed by atoms with Crippen LogP contribution in [-0.2, 0) is 11.2 Å². The van der Waals surface area contributed by atoms with Crippen molar-refractivity contribution >= 4 is 11.7 Å². The summed E-state index contributed by atoms with van der Waals surface area (Å²) in [5, 5.41) is 3.02. The number of carbonyl (C=O) groups is 1. The standard InChI is InChI=1S/C15H22N2O2/c1-19-12-9-13-7-3-4-8-14(13)16-15(18)17-10-5-2-6-11-17/h3-4,7-8H,2,5-6,9-12H2,1H3,(H,16,18). The van der Waals surface area contributed by atoms with Crippen LogP contribution in [0, 0.1) is 0 Å². The van der Waals surface area contributed by atoms with Crippen molar-refractivity contribution in [3.8, 4) is 0 Å². The first-order valence-electron chi connectivity index (χ1n) is 6.94. The first-order chi connectivity index (χ1) is 9.31. The zero-order chi connectivity index (χ0) is 13.5. The predicted molar refractivity (Wildman–Crippen MR) is 76.5 cm³/mol. The number of carbonyl (C=O) groups excluding carboxylic acids is 1. The molecule has 0 aromatic heterocycles. The topological polar surface area (TPSA) is 41.6 Å². The summed E-state index contributed by atoms with van der Waals surface area (Å²) >= 11 is 0. The van der Waals surface area contributed by atoms with Gasteiger partial charge < -0.3 is 15.0 Å². The third kappa shape index (κ3) is 3.96. The van der Waals surface area contributed by atoms with Crippen LogP contribution in [0.15, 0.2) is 24.3 Å². The van der Waals surface area contributed by atoms with E-state index in [9.17, 15) is 4.79 Å². The van der Waals surface area contributed by atoms with E-state index in [1.165, 1.54) is 6.42 Å². The second kappa shape index (κ2) is 7.14. The van der Waals surface area contributed by atoms with Gasteiger partial charge >= 0.3 is 6.03 Å². The van der Waals surface area contributed by atoms with Crippen LogP contribution in [-0.4, -0.2) is 37.7 Å². The Morgan fingerprint density at radius 3 is 2.74 bits per heavy atom. The molecule has 2 amide bonds. The van der Waals surface area contributed by atoms with E-state index in [1.807, 2.05) is 29.2 Å². The van der Waals surface area contributed by atoms with Gasteiger partial charge in [0.2, 0.25) is 0 Å². The van der Waals surface area contributed by atoms with E-state index in [0.717, 1.165) is 43.6 Å². The number of rotatable bonds is 4. The van der Waals surface area contributed by atoms with E-state index in [0.29, 0.717) is 6.61 Å². The highest BCUT2D eigenvalue weighted by atomic mass is 16.5. The van der Waals surface area contributed by atoms with Crippen molar-refractivity contribution in [3.63, 3.8) is 0 Å². The van der Waals surface area contributed by atoms with Crippen LogP contribution < -0.4 is 5.32 Å². The third-order valence-electron chi connectivity index (χ3n) is 3.48. The number of anilines is 1. The summed E-state index contributed by atoms with van der Waals surface area (Å²) < 4.78 is 5.10. The summed E-state index contributed by atoms with van der Waals surface area (Å²) in [5.74, 6) is 0. The van der Waals surface area contributed by atoms with Crippen LogP contribution in [0.1, 0.15) is 24.8 Å². The van der Waals surface area contributed by atoms with Crippen LogP contribution in [0.25, 0.3) is 0 Å². The molecule has 1 heterocycles. The number of benzene rings is 1. The van der Waals surface area contributed by atoms with E-state index in [4.69, 9.17) is 4.74 Å². The summed E-state index contributed by atoms with van der Waals surface area (Å²) in [7, 11) is 1.69. The fourth-order valence-electron chi connectivity index (χ4n) is 2.36. The van der Waals surface area contributed by atoms with Gasteiger partial charge in [-0.1, -0.05) is 18.2 Å². The van der Waals surface area contributed by atoms with Crippen molar-refractivity contribution in [2.45, 2.75) is 25.7 Å². The summed E-state index contributed by atoms with van der Waals surface area (Å²) in [6, 6.07) is 7.94. The number of urea groups is 1. The van der Waals surface area contributed by atoms with Gasteiger partial charge in [-0.05, 0) is 37.3 Å². The molecule has 1 N–H and O–H groups in total. The van der Waals surface area contributed by atoms with Gasteiger partial charge in [-0.3, -0.25) is 0 Å². The van der Waals surface area contributed by atoms with Crippen molar-refractivity contribution in [2.75, 3.05) is 32.1 Å². The van der Waals surface area contributed by atoms with Gasteiger partial charge in [0, 0.05) is 25.9 Å². The molecule has 1 fully saturated rings. The fourth-order valence-corrected chi connectivity index (χ4v) is 2.36. The van der Waals surface area contributed by atoms with Crippen LogP contribution in [0.4, 0.5) is 10.5 Å². The molecular weight excluding hydrogens is 240 g/mol. The van der Waals surface area contributed by atoms with E-state index in [1.54, 1.807) is 7.11 Å². The number of ether oxygens (including phenoxy) is 1. The zero-order valence-corrected chi connectivity index (χ0v) is 11.5. The number of likely N-dealkylation sites (tertiary alicyclic amines) is 1. The van der Waals surface area contributed by atoms with Crippen molar-refractivity contribution in [1.82, 2.24) is 4.90 Å². The Balaban J connectivity index is 1.99. The third-order valence-corrected chi connectivity index (χ3v) is 3.48. The highest BCUT2D eigenvalue weighted by Crippen LogP contribution is 2.17. The van der Waals surface area contributed by atoms with E-state index < -0.39 is 0 Å². The van der Waals surface area contributed by atoms with E-state index in [2.05, 4.69) is 5.32 Å². The zero-order valence-electron chi connectivity index (χ0n) is 11.5. The largest absolute Gasteiger partial charge is 0.384 e. The van der Waals surface area contributed by atoms with Gasteiger partial charge in [-0.15, -0.1) is 0 Å². The maximum Gasteiger partial charge on any atom is 0.321 e. The number of methoxy groups -OCH3 is 1. The fraction of sp³-hybridized carbons (Fsp3) is 0.533. The second-order valence-corrected chi connectivity index (χ2v) is 4.88. The molecular formula is C15H22N2O2. The molecule has 0 radical (unpaired) electrons. The maximum atomic E-state index is 12.2. The minimum absolute atomic E-state index is 0.0181. The summed E-state index contributed by atoms with van der Waals surface area (Å²) in [5.41, 5.74) is 2.02. The molecule has 0 saturated carbocycles. The van der Waals surface area contributed by atoms with Gasteiger partial charge in [0.05, 0.1) is 6.61 Å². The SMILES string of the molecule is COCCc1ccccc1NC(=O)N1CCCCC1. The van der Waals surface area contributed by atoms with Crippen LogP contribution in [0.2, 0.25) is 0 Å². The molecule has 0 atom stereocenters. The number of nitrogens with one attached hydrogen (secondary N) is 1. The number of hydrogen-bond acceptors (Lipinski definition) is 2. The van der Waals surface area contributed by atoms with Crippen LogP contribution >= 0.6 is 0 Å². The molecule has 19 heavy (non-hydrogen) atoms. The summed E-state index contributed by atoms with van der Waals surface area (Å²) in [4.78, 5) is 14.1. The van der Waals surface area contributed by atoms with E-state index in [-0.39, 0.29) is 6.03 Å². The molecule has 104 valence electrons. The molecule has 4 nitrogen and oxygen atoms in total. The molecule has 0 aliphatic carbocycles. The van der Waals surface area contributed by atoms with Gasteiger partial charge in [0.15, 0.2) is 0 Å². The maximum absolute atomic E-state index is 12.2. The lowest BCUT2D eigenvalue weighted by molar-refractivity contribution is 0.199. The smallest absolute Gasteiger partial charge is 0.321 e. The molecule has 1 aromatic carbocycles. The Kier molecular flexibility index (Phi) is 5.21. The Morgan fingerprint density at radius 2 is 2.00 bits per heavy atom.